The zero-order chi connectivity index (χ0) is 57.8. The molecule has 0 bridgehead atoms. The van der Waals surface area contributed by atoms with Crippen LogP contribution in [0.4, 0.5) is 0 Å². The third-order valence-electron chi connectivity index (χ3n) is 16.9. The third-order valence-corrected chi connectivity index (χ3v) is 16.9. The van der Waals surface area contributed by atoms with Crippen LogP contribution in [-0.4, -0.2) is 47.4 Å². The van der Waals surface area contributed by atoms with E-state index in [9.17, 15) is 19.8 Å². The number of esters is 1. The molecule has 0 aromatic heterocycles. The summed E-state index contributed by atoms with van der Waals surface area (Å²) < 4.78 is 5.50. The van der Waals surface area contributed by atoms with Gasteiger partial charge in [0.25, 0.3) is 0 Å². The summed E-state index contributed by atoms with van der Waals surface area (Å²) in [6.07, 6.45) is 89.4. The van der Waals surface area contributed by atoms with E-state index in [1.807, 2.05) is 6.08 Å². The Morgan fingerprint density at radius 2 is 0.588 bits per heavy atom. The molecule has 0 fully saturated rings. The van der Waals surface area contributed by atoms with Gasteiger partial charge in [-0.2, -0.15) is 0 Å². The lowest BCUT2D eigenvalue weighted by Crippen LogP contribution is -2.45. The summed E-state index contributed by atoms with van der Waals surface area (Å²) in [5.41, 5.74) is 0. The van der Waals surface area contributed by atoms with Crippen molar-refractivity contribution in [2.75, 3.05) is 13.2 Å². The molecule has 2 unspecified atom stereocenters. The Morgan fingerprint density at radius 1 is 0.338 bits per heavy atom. The fraction of sp³-hybridized carbons (Fsp3) is 0.892. The molecule has 0 radical (unpaired) electrons. The van der Waals surface area contributed by atoms with E-state index >= 15 is 0 Å². The topological polar surface area (TPSA) is 95.9 Å². The first-order valence-electron chi connectivity index (χ1n) is 36.3. The highest BCUT2D eigenvalue weighted by atomic mass is 16.5. The van der Waals surface area contributed by atoms with Crippen LogP contribution in [0.3, 0.4) is 0 Å². The summed E-state index contributed by atoms with van der Waals surface area (Å²) in [6.45, 7) is 4.93. The maximum Gasteiger partial charge on any atom is 0.305 e. The summed E-state index contributed by atoms with van der Waals surface area (Å²) >= 11 is 0. The van der Waals surface area contributed by atoms with Gasteiger partial charge in [0.15, 0.2) is 0 Å². The van der Waals surface area contributed by atoms with Crippen molar-refractivity contribution in [3.8, 4) is 0 Å². The smallest absolute Gasteiger partial charge is 0.305 e. The maximum atomic E-state index is 12.5. The van der Waals surface area contributed by atoms with Gasteiger partial charge in [-0.1, -0.05) is 339 Å². The van der Waals surface area contributed by atoms with E-state index in [4.69, 9.17) is 4.74 Å². The van der Waals surface area contributed by atoms with Crippen LogP contribution in [0.15, 0.2) is 36.5 Å². The predicted molar refractivity (Wildman–Crippen MR) is 352 cm³/mol. The molecule has 6 heteroatoms. The van der Waals surface area contributed by atoms with Gasteiger partial charge in [0, 0.05) is 12.8 Å². The van der Waals surface area contributed by atoms with Crippen molar-refractivity contribution < 1.29 is 24.5 Å². The van der Waals surface area contributed by atoms with Gasteiger partial charge in [0.2, 0.25) is 5.91 Å². The standard InChI is InChI=1S/C74H141NO5/c1-3-5-7-9-11-13-15-17-19-21-23-28-31-34-38-42-46-50-54-58-62-66-72(77)71(70-76)75-73(78)67-63-59-55-51-47-43-39-35-32-29-26-24-25-27-30-33-37-41-45-49-53-57-61-65-69-80-74(79)68-64-60-56-52-48-44-40-36-22-20-18-16-14-12-10-8-6-4-2/h20,22,26,29,62,66,71-72,76-77H,3-19,21,23-25,27-28,30-61,63-65,67-70H2,1-2H3,(H,75,78)/b22-20-,29-26-,66-62+. The fourth-order valence-electron chi connectivity index (χ4n) is 11.3. The van der Waals surface area contributed by atoms with Gasteiger partial charge in [-0.25, -0.2) is 0 Å². The van der Waals surface area contributed by atoms with Crippen molar-refractivity contribution in [1.29, 1.82) is 0 Å². The SMILES string of the molecule is CCCCCCCCC/C=C\CCCCCCCCCC(=O)OCCCCCCCCCCCCCC/C=C\CCCCCCCCCCC(=O)NC(CO)C(O)/C=C/CCCCCCCCCCCCCCCCCCCCC. The average molecular weight is 1120 g/mol. The van der Waals surface area contributed by atoms with Crippen LogP contribution in [0.1, 0.15) is 399 Å². The molecule has 80 heavy (non-hydrogen) atoms. The number of unbranched alkanes of at least 4 members (excludes halogenated alkanes) is 53. The van der Waals surface area contributed by atoms with Crippen molar-refractivity contribution in [3.63, 3.8) is 0 Å². The van der Waals surface area contributed by atoms with Gasteiger partial charge in [0.05, 0.1) is 25.4 Å². The van der Waals surface area contributed by atoms with Crippen LogP contribution in [0.25, 0.3) is 0 Å². The Hall–Kier alpha value is -1.92. The van der Waals surface area contributed by atoms with Crippen molar-refractivity contribution in [2.45, 2.75) is 411 Å². The lowest BCUT2D eigenvalue weighted by Gasteiger charge is -2.20. The molecule has 1 amide bonds. The summed E-state index contributed by atoms with van der Waals surface area (Å²) in [5.74, 6) is -0.0592. The quantitative estimate of drug-likeness (QED) is 0.0320. The zero-order valence-corrected chi connectivity index (χ0v) is 54.1. The minimum atomic E-state index is -0.849. The lowest BCUT2D eigenvalue weighted by atomic mass is 10.0. The highest BCUT2D eigenvalue weighted by Gasteiger charge is 2.18. The Morgan fingerprint density at radius 3 is 0.887 bits per heavy atom. The van der Waals surface area contributed by atoms with Crippen molar-refractivity contribution >= 4 is 11.9 Å². The lowest BCUT2D eigenvalue weighted by molar-refractivity contribution is -0.143. The average Bonchev–Trinajstić information content (AvgIpc) is 3.46. The second kappa shape index (κ2) is 69.6. The summed E-state index contributed by atoms with van der Waals surface area (Å²) in [6, 6.07) is -0.633. The molecule has 0 heterocycles. The van der Waals surface area contributed by atoms with Gasteiger partial charge in [-0.15, -0.1) is 0 Å². The molecule has 0 aliphatic heterocycles. The number of carbonyl (C=O) groups excluding carboxylic acids is 2. The molecule has 0 aliphatic rings. The molecule has 0 saturated heterocycles. The Balaban J connectivity index is 3.42. The molecule has 0 spiro atoms. The van der Waals surface area contributed by atoms with E-state index in [0.29, 0.717) is 19.4 Å². The number of ether oxygens (including phenoxy) is 1. The number of hydrogen-bond donors (Lipinski definition) is 3. The predicted octanol–water partition coefficient (Wildman–Crippen LogP) is 23.5. The molecule has 0 aromatic rings. The summed E-state index contributed by atoms with van der Waals surface area (Å²) in [4.78, 5) is 24.6. The van der Waals surface area contributed by atoms with Gasteiger partial charge < -0.3 is 20.3 Å². The van der Waals surface area contributed by atoms with E-state index in [1.165, 1.54) is 327 Å². The molecule has 472 valence electrons. The first-order chi connectivity index (χ1) is 39.5. The zero-order valence-electron chi connectivity index (χ0n) is 54.1. The molecule has 0 aromatic carbocycles. The Labute approximate surface area is 500 Å². The monoisotopic (exact) mass is 1120 g/mol. The highest BCUT2D eigenvalue weighted by Crippen LogP contribution is 2.18. The number of rotatable bonds is 68. The van der Waals surface area contributed by atoms with Crippen molar-refractivity contribution in [1.82, 2.24) is 5.32 Å². The Bertz CT molecular complexity index is 1300. The molecule has 0 aliphatic carbocycles. The first kappa shape index (κ1) is 78.1. The molecular weight excluding hydrogens is 983 g/mol. The number of carbonyl (C=O) groups is 2. The molecule has 2 atom stereocenters. The second-order valence-corrected chi connectivity index (χ2v) is 24.9. The minimum absolute atomic E-state index is 0.00979. The van der Waals surface area contributed by atoms with Gasteiger partial charge in [-0.05, 0) is 83.5 Å². The van der Waals surface area contributed by atoms with Crippen LogP contribution in [-0.2, 0) is 14.3 Å². The van der Waals surface area contributed by atoms with Crippen LogP contribution in [0, 0.1) is 0 Å². The van der Waals surface area contributed by atoms with Gasteiger partial charge in [-0.3, -0.25) is 9.59 Å². The van der Waals surface area contributed by atoms with E-state index in [1.54, 1.807) is 6.08 Å². The van der Waals surface area contributed by atoms with Crippen LogP contribution in [0.5, 0.6) is 0 Å². The minimum Gasteiger partial charge on any atom is -0.466 e. The van der Waals surface area contributed by atoms with Gasteiger partial charge >= 0.3 is 5.97 Å². The number of amides is 1. The molecule has 3 N–H and O–H groups in total. The number of hydrogen-bond acceptors (Lipinski definition) is 5. The van der Waals surface area contributed by atoms with Gasteiger partial charge in [0.1, 0.15) is 0 Å². The number of aliphatic hydroxyl groups excluding tert-OH is 2. The van der Waals surface area contributed by atoms with E-state index in [0.717, 1.165) is 44.9 Å². The normalized spacial score (nSPS) is 12.7. The van der Waals surface area contributed by atoms with E-state index in [-0.39, 0.29) is 18.5 Å². The Kier molecular flexibility index (Phi) is 67.9. The third kappa shape index (κ3) is 65.2. The van der Waals surface area contributed by atoms with E-state index < -0.39 is 12.1 Å². The van der Waals surface area contributed by atoms with Crippen molar-refractivity contribution in [3.05, 3.63) is 36.5 Å². The van der Waals surface area contributed by atoms with Crippen LogP contribution < -0.4 is 5.32 Å². The van der Waals surface area contributed by atoms with Crippen LogP contribution in [0.2, 0.25) is 0 Å². The van der Waals surface area contributed by atoms with E-state index in [2.05, 4.69) is 43.5 Å². The molecule has 6 nitrogen and oxygen atoms in total. The summed E-state index contributed by atoms with van der Waals surface area (Å²) in [7, 11) is 0. The largest absolute Gasteiger partial charge is 0.466 e. The highest BCUT2D eigenvalue weighted by molar-refractivity contribution is 5.76. The fourth-order valence-corrected chi connectivity index (χ4v) is 11.3. The number of nitrogens with one attached hydrogen (secondary N) is 1. The molecule has 0 saturated carbocycles. The molecular formula is C74H141NO5. The van der Waals surface area contributed by atoms with Crippen molar-refractivity contribution in [2.24, 2.45) is 0 Å². The summed E-state index contributed by atoms with van der Waals surface area (Å²) in [5, 5.41) is 23.2. The number of allylic oxidation sites excluding steroid dienone is 5. The van der Waals surface area contributed by atoms with Crippen LogP contribution >= 0.6 is 0 Å². The maximum absolute atomic E-state index is 12.5. The second-order valence-electron chi connectivity index (χ2n) is 24.9. The molecule has 0 rings (SSSR count). The number of aliphatic hydroxyl groups is 2. The first-order valence-corrected chi connectivity index (χ1v) is 36.3.